The van der Waals surface area contributed by atoms with E-state index in [-0.39, 0.29) is 36.8 Å². The summed E-state index contributed by atoms with van der Waals surface area (Å²) in [5.74, 6) is -0.359. The number of benzene rings is 2. The van der Waals surface area contributed by atoms with Crippen LogP contribution in [-0.2, 0) is 16.1 Å². The Kier molecular flexibility index (Phi) is 9.51. The Bertz CT molecular complexity index is 910. The molecule has 0 aromatic heterocycles. The molecule has 0 aliphatic carbocycles. The highest BCUT2D eigenvalue weighted by atomic mass is 35.5. The number of carbonyl (C=O) groups is 2. The van der Waals surface area contributed by atoms with Gasteiger partial charge in [0.05, 0.1) is 0 Å². The molecule has 0 unspecified atom stereocenters. The van der Waals surface area contributed by atoms with Gasteiger partial charge in [0, 0.05) is 17.6 Å². The molecule has 0 bridgehead atoms. The van der Waals surface area contributed by atoms with Crippen molar-refractivity contribution in [3.8, 4) is 5.75 Å². The summed E-state index contributed by atoms with van der Waals surface area (Å²) < 4.78 is 19.1. The first-order valence-electron chi connectivity index (χ1n) is 10.9. The van der Waals surface area contributed by atoms with Crippen molar-refractivity contribution >= 4 is 23.4 Å². The second-order valence-electron chi connectivity index (χ2n) is 8.05. The zero-order chi connectivity index (χ0) is 23.8. The molecule has 5 nitrogen and oxygen atoms in total. The minimum absolute atomic E-state index is 0.00408. The highest BCUT2D eigenvalue weighted by Crippen LogP contribution is 2.26. The molecule has 0 spiro atoms. The molecule has 174 valence electrons. The number of aryl methyl sites for hydroxylation is 2. The van der Waals surface area contributed by atoms with E-state index < -0.39 is 6.04 Å². The van der Waals surface area contributed by atoms with E-state index in [1.807, 2.05) is 34.6 Å². The standard InChI is InChI=1S/C25H32ClFN2O3/c1-6-18(5)28-25(31)22(7-2)29(14-19-8-10-20(27)11-9-19)23(30)15-32-21-12-16(3)24(26)17(4)13-21/h8-13,18,22H,6-7,14-15H2,1-5H3,(H,28,31)/t18-,22+/m1/s1. The molecule has 0 heterocycles. The van der Waals surface area contributed by atoms with Crippen molar-refractivity contribution < 1.29 is 18.7 Å². The van der Waals surface area contributed by atoms with E-state index >= 15 is 0 Å². The summed E-state index contributed by atoms with van der Waals surface area (Å²) in [6, 6.07) is 8.79. The van der Waals surface area contributed by atoms with Gasteiger partial charge in [-0.1, -0.05) is 37.6 Å². The Morgan fingerprint density at radius 3 is 2.22 bits per heavy atom. The van der Waals surface area contributed by atoms with E-state index in [2.05, 4.69) is 5.32 Å². The summed E-state index contributed by atoms with van der Waals surface area (Å²) in [4.78, 5) is 27.6. The lowest BCUT2D eigenvalue weighted by molar-refractivity contribution is -0.143. The molecule has 2 aromatic rings. The van der Waals surface area contributed by atoms with Crippen molar-refractivity contribution in [2.45, 2.75) is 66.1 Å². The number of carbonyl (C=O) groups excluding carboxylic acids is 2. The van der Waals surface area contributed by atoms with Gasteiger partial charge in [-0.2, -0.15) is 0 Å². The molecular formula is C25H32ClFN2O3. The van der Waals surface area contributed by atoms with Gasteiger partial charge in [-0.05, 0) is 74.6 Å². The minimum atomic E-state index is -0.668. The van der Waals surface area contributed by atoms with Crippen LogP contribution < -0.4 is 10.1 Å². The fourth-order valence-corrected chi connectivity index (χ4v) is 3.47. The molecule has 32 heavy (non-hydrogen) atoms. The zero-order valence-electron chi connectivity index (χ0n) is 19.4. The number of nitrogens with zero attached hydrogens (tertiary/aromatic N) is 1. The first-order chi connectivity index (χ1) is 15.2. The van der Waals surface area contributed by atoms with Crippen LogP contribution in [0.15, 0.2) is 36.4 Å². The Morgan fingerprint density at radius 1 is 1.09 bits per heavy atom. The predicted molar refractivity (Wildman–Crippen MR) is 125 cm³/mol. The molecule has 0 saturated carbocycles. The summed E-state index contributed by atoms with van der Waals surface area (Å²) >= 11 is 6.21. The van der Waals surface area contributed by atoms with Gasteiger partial charge in [0.1, 0.15) is 17.6 Å². The summed E-state index contributed by atoms with van der Waals surface area (Å²) in [7, 11) is 0. The lowest BCUT2D eigenvalue weighted by Gasteiger charge is -2.31. The zero-order valence-corrected chi connectivity index (χ0v) is 20.1. The van der Waals surface area contributed by atoms with Gasteiger partial charge in [-0.3, -0.25) is 9.59 Å². The van der Waals surface area contributed by atoms with Gasteiger partial charge in [-0.15, -0.1) is 0 Å². The van der Waals surface area contributed by atoms with E-state index in [0.717, 1.165) is 23.1 Å². The van der Waals surface area contributed by atoms with Crippen molar-refractivity contribution in [3.63, 3.8) is 0 Å². The van der Waals surface area contributed by atoms with E-state index in [1.54, 1.807) is 24.3 Å². The predicted octanol–water partition coefficient (Wildman–Crippen LogP) is 5.20. The van der Waals surface area contributed by atoms with Crippen molar-refractivity contribution in [1.82, 2.24) is 10.2 Å². The number of hydrogen-bond donors (Lipinski definition) is 1. The normalized spacial score (nSPS) is 12.7. The number of ether oxygens (including phenoxy) is 1. The van der Waals surface area contributed by atoms with Gasteiger partial charge in [-0.25, -0.2) is 4.39 Å². The van der Waals surface area contributed by atoms with E-state index in [1.165, 1.54) is 17.0 Å². The topological polar surface area (TPSA) is 58.6 Å². The minimum Gasteiger partial charge on any atom is -0.484 e. The molecule has 0 saturated heterocycles. The number of hydrogen-bond acceptors (Lipinski definition) is 3. The SMILES string of the molecule is CC[C@@H](C)NC(=O)[C@H](CC)N(Cc1ccc(F)cc1)C(=O)COc1cc(C)c(Cl)c(C)c1. The average molecular weight is 463 g/mol. The molecule has 0 aliphatic rings. The summed E-state index contributed by atoms with van der Waals surface area (Å²) in [6.07, 6.45) is 1.22. The Balaban J connectivity index is 2.24. The highest BCUT2D eigenvalue weighted by Gasteiger charge is 2.29. The highest BCUT2D eigenvalue weighted by molar-refractivity contribution is 6.32. The maximum Gasteiger partial charge on any atom is 0.261 e. The lowest BCUT2D eigenvalue weighted by atomic mass is 10.1. The third-order valence-electron chi connectivity index (χ3n) is 5.43. The number of halogens is 2. The fourth-order valence-electron chi connectivity index (χ4n) is 3.36. The van der Waals surface area contributed by atoms with Crippen LogP contribution in [0.3, 0.4) is 0 Å². The van der Waals surface area contributed by atoms with Crippen LogP contribution in [0.5, 0.6) is 5.75 Å². The molecule has 2 atom stereocenters. The first kappa shape index (κ1) is 25.7. The molecule has 1 N–H and O–H groups in total. The van der Waals surface area contributed by atoms with E-state index in [9.17, 15) is 14.0 Å². The van der Waals surface area contributed by atoms with Gasteiger partial charge in [0.25, 0.3) is 5.91 Å². The molecule has 2 rings (SSSR count). The Hall–Kier alpha value is -2.60. The second kappa shape index (κ2) is 11.9. The molecule has 0 radical (unpaired) electrons. The first-order valence-corrected chi connectivity index (χ1v) is 11.3. The van der Waals surface area contributed by atoms with Crippen LogP contribution in [0.2, 0.25) is 5.02 Å². The molecule has 0 fully saturated rings. The van der Waals surface area contributed by atoms with Crippen LogP contribution in [0.1, 0.15) is 50.3 Å². The second-order valence-corrected chi connectivity index (χ2v) is 8.43. The maximum atomic E-state index is 13.3. The number of nitrogens with one attached hydrogen (secondary N) is 1. The molecular weight excluding hydrogens is 431 g/mol. The van der Waals surface area contributed by atoms with Crippen LogP contribution in [0.4, 0.5) is 4.39 Å². The van der Waals surface area contributed by atoms with Gasteiger partial charge >= 0.3 is 0 Å². The Morgan fingerprint density at radius 2 is 1.69 bits per heavy atom. The van der Waals surface area contributed by atoms with Crippen molar-refractivity contribution in [2.24, 2.45) is 0 Å². The summed E-state index contributed by atoms with van der Waals surface area (Å²) in [5, 5.41) is 3.62. The van der Waals surface area contributed by atoms with Gasteiger partial charge < -0.3 is 15.0 Å². The lowest BCUT2D eigenvalue weighted by Crippen LogP contribution is -2.51. The summed E-state index contributed by atoms with van der Waals surface area (Å²) in [5.41, 5.74) is 2.45. The molecule has 2 amide bonds. The average Bonchev–Trinajstić information content (AvgIpc) is 2.76. The molecule has 0 aliphatic heterocycles. The molecule has 7 heteroatoms. The largest absolute Gasteiger partial charge is 0.484 e. The fraction of sp³-hybridized carbons (Fsp3) is 0.440. The maximum absolute atomic E-state index is 13.3. The van der Waals surface area contributed by atoms with Crippen molar-refractivity contribution in [3.05, 3.63) is 63.9 Å². The Labute approximate surface area is 194 Å². The monoisotopic (exact) mass is 462 g/mol. The van der Waals surface area contributed by atoms with E-state index in [4.69, 9.17) is 16.3 Å². The quantitative estimate of drug-likeness (QED) is 0.528. The van der Waals surface area contributed by atoms with Crippen molar-refractivity contribution in [1.29, 1.82) is 0 Å². The third kappa shape index (κ3) is 6.95. The van der Waals surface area contributed by atoms with Crippen LogP contribution in [0.25, 0.3) is 0 Å². The van der Waals surface area contributed by atoms with Gasteiger partial charge in [0.15, 0.2) is 6.61 Å². The summed E-state index contributed by atoms with van der Waals surface area (Å²) in [6.45, 7) is 9.46. The van der Waals surface area contributed by atoms with E-state index in [0.29, 0.717) is 17.2 Å². The van der Waals surface area contributed by atoms with Crippen LogP contribution in [-0.4, -0.2) is 35.4 Å². The smallest absolute Gasteiger partial charge is 0.261 e. The number of rotatable bonds is 10. The van der Waals surface area contributed by atoms with Crippen molar-refractivity contribution in [2.75, 3.05) is 6.61 Å². The van der Waals surface area contributed by atoms with Gasteiger partial charge in [0.2, 0.25) is 5.91 Å². The third-order valence-corrected chi connectivity index (χ3v) is 6.02. The van der Waals surface area contributed by atoms with Crippen LogP contribution in [0, 0.1) is 19.7 Å². The number of amides is 2. The molecule has 2 aromatic carbocycles. The van der Waals surface area contributed by atoms with Crippen LogP contribution >= 0.6 is 11.6 Å².